The van der Waals surface area contributed by atoms with Gasteiger partial charge in [0.15, 0.2) is 0 Å². The normalized spacial score (nSPS) is 12.0. The second-order valence-electron chi connectivity index (χ2n) is 15.5. The Morgan fingerprint density at radius 3 is 1.94 bits per heavy atom. The molecule has 0 aliphatic carbocycles. The minimum atomic E-state index is -0.0572. The van der Waals surface area contributed by atoms with E-state index in [0.29, 0.717) is 0 Å². The molecule has 0 fully saturated rings. The number of thiazole rings is 1. The van der Waals surface area contributed by atoms with Crippen molar-refractivity contribution in [3.05, 3.63) is 125 Å². The second-order valence-corrected chi connectivity index (χ2v) is 16.6. The zero-order valence-corrected chi connectivity index (χ0v) is 33.3. The first kappa shape index (κ1) is 35.7. The first-order valence-corrected chi connectivity index (χ1v) is 17.8. The Morgan fingerprint density at radius 2 is 1.28 bits per heavy atom. The average molecular weight is 855 g/mol. The molecule has 2 heterocycles. The summed E-state index contributed by atoms with van der Waals surface area (Å²) >= 11 is 1.62. The SMILES string of the molecule is Cc1cc(C)cc(-c2cc(-c3[c-]c(-c4cc(C)cc5c(C(C)(C)C)ccnc45)ccc3)c3nc(-c4cc(C(C)(C)C)ccc4O)sc3c2)c1.[Pt]. The minimum absolute atomic E-state index is 0. The number of aryl methyl sites for hydroxylation is 3. The van der Waals surface area contributed by atoms with Crippen molar-refractivity contribution in [3.63, 3.8) is 0 Å². The molecule has 3 nitrogen and oxygen atoms in total. The molecular formula is C45H43N2OPtS-. The summed E-state index contributed by atoms with van der Waals surface area (Å²) in [6.45, 7) is 19.8. The third-order valence-electron chi connectivity index (χ3n) is 9.32. The van der Waals surface area contributed by atoms with Gasteiger partial charge in [0.25, 0.3) is 0 Å². The zero-order valence-electron chi connectivity index (χ0n) is 30.2. The summed E-state index contributed by atoms with van der Waals surface area (Å²) in [6.07, 6.45) is 1.93. The number of nitrogens with zero attached hydrogens (tertiary/aromatic N) is 2. The van der Waals surface area contributed by atoms with E-state index in [1.165, 1.54) is 33.2 Å². The Bertz CT molecular complexity index is 2390. The van der Waals surface area contributed by atoms with Gasteiger partial charge in [-0.05, 0) is 83.5 Å². The summed E-state index contributed by atoms with van der Waals surface area (Å²) in [5, 5.41) is 13.0. The molecule has 256 valence electrons. The van der Waals surface area contributed by atoms with Gasteiger partial charge in [-0.15, -0.1) is 46.7 Å². The van der Waals surface area contributed by atoms with Crippen LogP contribution in [0, 0.1) is 26.8 Å². The molecule has 0 atom stereocenters. The number of hydrogen-bond acceptors (Lipinski definition) is 4. The van der Waals surface area contributed by atoms with Gasteiger partial charge in [-0.1, -0.05) is 112 Å². The largest absolute Gasteiger partial charge is 0.507 e. The summed E-state index contributed by atoms with van der Waals surface area (Å²) in [7, 11) is 0. The molecule has 0 saturated heterocycles. The van der Waals surface area contributed by atoms with Gasteiger partial charge in [-0.25, -0.2) is 4.98 Å². The van der Waals surface area contributed by atoms with Gasteiger partial charge in [0, 0.05) is 37.5 Å². The van der Waals surface area contributed by atoms with E-state index in [4.69, 9.17) is 9.97 Å². The molecule has 7 rings (SSSR count). The number of phenolic OH excluding ortho intramolecular Hbond substituents is 1. The molecule has 50 heavy (non-hydrogen) atoms. The quantitative estimate of drug-likeness (QED) is 0.179. The number of aromatic hydroxyl groups is 1. The molecule has 7 aromatic rings. The van der Waals surface area contributed by atoms with Crippen LogP contribution in [0.25, 0.3) is 65.1 Å². The van der Waals surface area contributed by atoms with Crippen LogP contribution in [-0.2, 0) is 31.9 Å². The molecule has 0 aliphatic rings. The Balaban J connectivity index is 0.00000432. The Hall–Kier alpha value is -4.11. The molecule has 0 saturated carbocycles. The van der Waals surface area contributed by atoms with Gasteiger partial charge in [0.2, 0.25) is 0 Å². The minimum Gasteiger partial charge on any atom is -0.507 e. The van der Waals surface area contributed by atoms with Crippen molar-refractivity contribution in [2.75, 3.05) is 0 Å². The number of benzene rings is 5. The van der Waals surface area contributed by atoms with Crippen LogP contribution in [-0.4, -0.2) is 15.1 Å². The van der Waals surface area contributed by atoms with Gasteiger partial charge in [-0.2, -0.15) is 0 Å². The third kappa shape index (κ3) is 6.81. The third-order valence-corrected chi connectivity index (χ3v) is 10.4. The molecule has 0 radical (unpaired) electrons. The fraction of sp³-hybridized carbons (Fsp3) is 0.244. The standard InChI is InChI=1S/C45H43N2OS.Pt/c1-26-17-27(2)19-31(18-26)32-23-35(42-40(24-32)49-43(47-42)37-25-33(44(4,5)6)13-14-39(37)48)30-12-10-11-29(22-30)34-20-28(3)21-36-38(45(7,8)9)15-16-46-41(34)36;/h10-21,23-25,48H,1-9H3;/q-1;. The van der Waals surface area contributed by atoms with Crippen molar-refractivity contribution in [1.82, 2.24) is 9.97 Å². The van der Waals surface area contributed by atoms with E-state index in [2.05, 4.69) is 141 Å². The van der Waals surface area contributed by atoms with Crippen molar-refractivity contribution in [2.45, 2.75) is 73.1 Å². The van der Waals surface area contributed by atoms with Gasteiger partial charge in [0.05, 0.1) is 11.1 Å². The maximum absolute atomic E-state index is 11.1. The molecule has 0 unspecified atom stereocenters. The van der Waals surface area contributed by atoms with Gasteiger partial charge < -0.3 is 5.11 Å². The van der Waals surface area contributed by atoms with Crippen LogP contribution >= 0.6 is 11.3 Å². The van der Waals surface area contributed by atoms with E-state index >= 15 is 0 Å². The fourth-order valence-corrected chi connectivity index (χ4v) is 7.93. The topological polar surface area (TPSA) is 46.0 Å². The Kier molecular flexibility index (Phi) is 9.44. The van der Waals surface area contributed by atoms with Crippen LogP contribution in [0.2, 0.25) is 0 Å². The number of phenols is 1. The van der Waals surface area contributed by atoms with Crippen molar-refractivity contribution >= 4 is 32.5 Å². The first-order chi connectivity index (χ1) is 23.2. The second kappa shape index (κ2) is 13.2. The van der Waals surface area contributed by atoms with E-state index in [1.54, 1.807) is 17.4 Å². The number of pyridine rings is 1. The molecule has 5 aromatic carbocycles. The van der Waals surface area contributed by atoms with Crippen LogP contribution in [0.3, 0.4) is 0 Å². The van der Waals surface area contributed by atoms with E-state index in [9.17, 15) is 5.11 Å². The van der Waals surface area contributed by atoms with E-state index < -0.39 is 0 Å². The molecule has 0 bridgehead atoms. The monoisotopic (exact) mass is 854 g/mol. The predicted molar refractivity (Wildman–Crippen MR) is 209 cm³/mol. The van der Waals surface area contributed by atoms with E-state index in [-0.39, 0.29) is 37.6 Å². The van der Waals surface area contributed by atoms with Crippen LogP contribution in [0.5, 0.6) is 5.75 Å². The van der Waals surface area contributed by atoms with Crippen LogP contribution in [0.1, 0.15) is 69.4 Å². The summed E-state index contributed by atoms with van der Waals surface area (Å²) in [5.74, 6) is 0.241. The smallest absolute Gasteiger partial charge is 0.127 e. The molecule has 0 aliphatic heterocycles. The van der Waals surface area contributed by atoms with Gasteiger partial charge >= 0.3 is 0 Å². The van der Waals surface area contributed by atoms with Gasteiger partial charge in [0.1, 0.15) is 10.8 Å². The first-order valence-electron chi connectivity index (χ1n) is 17.0. The number of fused-ring (bicyclic) bond motifs is 2. The fourth-order valence-electron chi connectivity index (χ4n) is 6.87. The van der Waals surface area contributed by atoms with Crippen LogP contribution in [0.4, 0.5) is 0 Å². The summed E-state index contributed by atoms with van der Waals surface area (Å²) in [5.41, 5.74) is 15.1. The molecule has 2 aromatic heterocycles. The zero-order chi connectivity index (χ0) is 34.8. The maximum atomic E-state index is 11.1. The molecular weight excluding hydrogens is 812 g/mol. The number of hydrogen-bond donors (Lipinski definition) is 1. The van der Waals surface area contributed by atoms with Crippen molar-refractivity contribution in [1.29, 1.82) is 0 Å². The van der Waals surface area contributed by atoms with Gasteiger partial charge in [-0.3, -0.25) is 4.98 Å². The summed E-state index contributed by atoms with van der Waals surface area (Å²) < 4.78 is 1.07. The number of aromatic nitrogens is 2. The van der Waals surface area contributed by atoms with Crippen molar-refractivity contribution in [2.24, 2.45) is 0 Å². The molecule has 0 spiro atoms. The molecule has 5 heteroatoms. The number of rotatable bonds is 4. The maximum Gasteiger partial charge on any atom is 0.127 e. The summed E-state index contributed by atoms with van der Waals surface area (Å²) in [4.78, 5) is 10.2. The van der Waals surface area contributed by atoms with Crippen molar-refractivity contribution in [3.8, 4) is 49.7 Å². The molecule has 1 N–H and O–H groups in total. The molecule has 0 amide bonds. The van der Waals surface area contributed by atoms with E-state index in [0.717, 1.165) is 59.7 Å². The Labute approximate surface area is 314 Å². The van der Waals surface area contributed by atoms with E-state index in [1.807, 2.05) is 12.3 Å². The average Bonchev–Trinajstić information content (AvgIpc) is 3.46. The van der Waals surface area contributed by atoms with Crippen LogP contribution < -0.4 is 0 Å². The predicted octanol–water partition coefficient (Wildman–Crippen LogP) is 12.5. The van der Waals surface area contributed by atoms with Crippen LogP contribution in [0.15, 0.2) is 91.1 Å². The van der Waals surface area contributed by atoms with Crippen molar-refractivity contribution < 1.29 is 26.2 Å². The Morgan fingerprint density at radius 1 is 0.640 bits per heavy atom. The summed E-state index contributed by atoms with van der Waals surface area (Å²) in [6, 6.07) is 33.9.